The number of allylic oxidation sites excluding steroid dienone is 2. The van der Waals surface area contributed by atoms with E-state index < -0.39 is 0 Å². The quantitative estimate of drug-likeness (QED) is 0.796. The SMILES string of the molecule is CN1C=CC=CC1CC(=O)c1ccccc1Br. The first-order valence-corrected chi connectivity index (χ1v) is 6.32. The van der Waals surface area contributed by atoms with Crippen LogP contribution in [-0.2, 0) is 0 Å². The molecular weight excluding hydrogens is 278 g/mol. The van der Waals surface area contributed by atoms with Crippen LogP contribution in [0.15, 0.2) is 53.2 Å². The van der Waals surface area contributed by atoms with Gasteiger partial charge in [0.05, 0.1) is 6.04 Å². The second-order valence-electron chi connectivity index (χ2n) is 4.07. The van der Waals surface area contributed by atoms with E-state index in [2.05, 4.69) is 26.9 Å². The van der Waals surface area contributed by atoms with Crippen molar-refractivity contribution < 1.29 is 4.79 Å². The second kappa shape index (κ2) is 5.32. The van der Waals surface area contributed by atoms with E-state index in [1.54, 1.807) is 0 Å². The van der Waals surface area contributed by atoms with Gasteiger partial charge in [-0.2, -0.15) is 0 Å². The van der Waals surface area contributed by atoms with Gasteiger partial charge in [0, 0.05) is 23.5 Å². The number of halogens is 1. The van der Waals surface area contributed by atoms with E-state index >= 15 is 0 Å². The number of carbonyl (C=O) groups is 1. The molecule has 1 aliphatic rings. The summed E-state index contributed by atoms with van der Waals surface area (Å²) in [6, 6.07) is 7.70. The number of hydrogen-bond acceptors (Lipinski definition) is 2. The van der Waals surface area contributed by atoms with Gasteiger partial charge in [0.15, 0.2) is 5.78 Å². The maximum absolute atomic E-state index is 12.2. The minimum atomic E-state index is 0.152. The number of Topliss-reactive ketones (excluding diaryl/α,β-unsaturated/α-hetero) is 1. The Morgan fingerprint density at radius 2 is 2.12 bits per heavy atom. The molecule has 0 bridgehead atoms. The average Bonchev–Trinajstić information content (AvgIpc) is 2.32. The lowest BCUT2D eigenvalue weighted by molar-refractivity contribution is 0.0960. The Balaban J connectivity index is 2.10. The minimum absolute atomic E-state index is 0.152. The van der Waals surface area contributed by atoms with Crippen molar-refractivity contribution in [3.05, 3.63) is 58.7 Å². The number of benzene rings is 1. The maximum Gasteiger partial charge on any atom is 0.166 e. The molecule has 0 radical (unpaired) electrons. The zero-order valence-corrected chi connectivity index (χ0v) is 11.2. The first-order chi connectivity index (χ1) is 8.18. The fourth-order valence-corrected chi connectivity index (χ4v) is 2.33. The van der Waals surface area contributed by atoms with Crippen molar-refractivity contribution in [3.8, 4) is 0 Å². The van der Waals surface area contributed by atoms with E-state index in [1.165, 1.54) is 0 Å². The molecule has 1 aliphatic heterocycles. The van der Waals surface area contributed by atoms with Crippen LogP contribution >= 0.6 is 15.9 Å². The van der Waals surface area contributed by atoms with Gasteiger partial charge in [-0.3, -0.25) is 4.79 Å². The molecule has 0 amide bonds. The summed E-state index contributed by atoms with van der Waals surface area (Å²) in [5.41, 5.74) is 0.754. The highest BCUT2D eigenvalue weighted by Crippen LogP contribution is 2.20. The van der Waals surface area contributed by atoms with Gasteiger partial charge < -0.3 is 4.90 Å². The van der Waals surface area contributed by atoms with Crippen molar-refractivity contribution >= 4 is 21.7 Å². The van der Waals surface area contributed by atoms with Crippen LogP contribution in [0.5, 0.6) is 0 Å². The molecule has 17 heavy (non-hydrogen) atoms. The molecule has 2 nitrogen and oxygen atoms in total. The molecule has 1 aromatic carbocycles. The molecule has 0 aromatic heterocycles. The van der Waals surface area contributed by atoms with Crippen LogP contribution < -0.4 is 0 Å². The summed E-state index contributed by atoms with van der Waals surface area (Å²) in [7, 11) is 1.98. The molecule has 1 unspecified atom stereocenters. The van der Waals surface area contributed by atoms with E-state index in [1.807, 2.05) is 49.7 Å². The highest BCUT2D eigenvalue weighted by atomic mass is 79.9. The number of nitrogens with zero attached hydrogens (tertiary/aromatic N) is 1. The van der Waals surface area contributed by atoms with Crippen molar-refractivity contribution in [2.24, 2.45) is 0 Å². The predicted octanol–water partition coefficient (Wildman–Crippen LogP) is 3.41. The number of carbonyl (C=O) groups excluding carboxylic acids is 1. The number of hydrogen-bond donors (Lipinski definition) is 0. The number of rotatable bonds is 3. The van der Waals surface area contributed by atoms with Gasteiger partial charge in [-0.25, -0.2) is 0 Å². The highest BCUT2D eigenvalue weighted by molar-refractivity contribution is 9.10. The maximum atomic E-state index is 12.2. The van der Waals surface area contributed by atoms with Gasteiger partial charge in [0.1, 0.15) is 0 Å². The van der Waals surface area contributed by atoms with Crippen LogP contribution in [0, 0.1) is 0 Å². The lowest BCUT2D eigenvalue weighted by Crippen LogP contribution is -2.29. The Hall–Kier alpha value is -1.35. The smallest absolute Gasteiger partial charge is 0.166 e. The van der Waals surface area contributed by atoms with Crippen LogP contribution in [0.25, 0.3) is 0 Å². The highest BCUT2D eigenvalue weighted by Gasteiger charge is 2.17. The summed E-state index contributed by atoms with van der Waals surface area (Å²) >= 11 is 3.41. The molecule has 1 aromatic rings. The molecule has 88 valence electrons. The summed E-state index contributed by atoms with van der Waals surface area (Å²) in [5.74, 6) is 0.161. The van der Waals surface area contributed by atoms with Crippen LogP contribution in [0.1, 0.15) is 16.8 Å². The van der Waals surface area contributed by atoms with Crippen molar-refractivity contribution in [1.29, 1.82) is 0 Å². The molecule has 0 saturated heterocycles. The Labute approximate surface area is 110 Å². The third kappa shape index (κ3) is 2.86. The molecule has 3 heteroatoms. The fourth-order valence-electron chi connectivity index (χ4n) is 1.82. The molecule has 0 saturated carbocycles. The third-order valence-corrected chi connectivity index (χ3v) is 3.55. The van der Waals surface area contributed by atoms with Gasteiger partial charge in [-0.05, 0) is 18.3 Å². The van der Waals surface area contributed by atoms with E-state index in [0.29, 0.717) is 6.42 Å². The van der Waals surface area contributed by atoms with Gasteiger partial charge in [-0.15, -0.1) is 0 Å². The minimum Gasteiger partial charge on any atom is -0.374 e. The van der Waals surface area contributed by atoms with Gasteiger partial charge in [0.25, 0.3) is 0 Å². The summed E-state index contributed by atoms with van der Waals surface area (Å²) in [6.45, 7) is 0. The zero-order valence-electron chi connectivity index (χ0n) is 9.64. The summed E-state index contributed by atoms with van der Waals surface area (Å²) in [5, 5.41) is 0. The Kier molecular flexibility index (Phi) is 3.79. The van der Waals surface area contributed by atoms with Gasteiger partial charge in [0.2, 0.25) is 0 Å². The summed E-state index contributed by atoms with van der Waals surface area (Å²) in [6.07, 6.45) is 8.49. The Morgan fingerprint density at radius 1 is 1.35 bits per heavy atom. The number of ketones is 1. The number of likely N-dealkylation sites (N-methyl/N-ethyl adjacent to an activating group) is 1. The molecule has 0 N–H and O–H groups in total. The van der Waals surface area contributed by atoms with Crippen molar-refractivity contribution in [2.75, 3.05) is 7.05 Å². The second-order valence-corrected chi connectivity index (χ2v) is 4.92. The lowest BCUT2D eigenvalue weighted by Gasteiger charge is -2.25. The average molecular weight is 292 g/mol. The van der Waals surface area contributed by atoms with E-state index in [9.17, 15) is 4.79 Å². The van der Waals surface area contributed by atoms with Crippen LogP contribution in [0.3, 0.4) is 0 Å². The van der Waals surface area contributed by atoms with Crippen LogP contribution in [0.4, 0.5) is 0 Å². The molecule has 2 rings (SSSR count). The Bertz CT molecular complexity index is 479. The monoisotopic (exact) mass is 291 g/mol. The molecule has 1 atom stereocenters. The van der Waals surface area contributed by atoms with Gasteiger partial charge in [-0.1, -0.05) is 46.3 Å². The Morgan fingerprint density at radius 3 is 2.82 bits per heavy atom. The topological polar surface area (TPSA) is 20.3 Å². The summed E-state index contributed by atoms with van der Waals surface area (Å²) in [4.78, 5) is 14.2. The molecule has 0 aliphatic carbocycles. The van der Waals surface area contributed by atoms with Gasteiger partial charge >= 0.3 is 0 Å². The summed E-state index contributed by atoms with van der Waals surface area (Å²) < 4.78 is 0.864. The standard InChI is InChI=1S/C14H14BrNO/c1-16-9-5-4-6-11(16)10-14(17)12-7-2-3-8-13(12)15/h2-9,11H,10H2,1H3. The van der Waals surface area contributed by atoms with E-state index in [4.69, 9.17) is 0 Å². The zero-order chi connectivity index (χ0) is 12.3. The van der Waals surface area contributed by atoms with Crippen LogP contribution in [-0.4, -0.2) is 23.8 Å². The third-order valence-electron chi connectivity index (χ3n) is 2.86. The van der Waals surface area contributed by atoms with Crippen LogP contribution in [0.2, 0.25) is 0 Å². The van der Waals surface area contributed by atoms with Crippen molar-refractivity contribution in [1.82, 2.24) is 4.90 Å². The largest absolute Gasteiger partial charge is 0.374 e. The van der Waals surface area contributed by atoms with E-state index in [0.717, 1.165) is 10.0 Å². The first kappa shape index (κ1) is 12.1. The lowest BCUT2D eigenvalue weighted by atomic mass is 10.0. The molecule has 1 heterocycles. The van der Waals surface area contributed by atoms with Crippen molar-refractivity contribution in [2.45, 2.75) is 12.5 Å². The molecular formula is C14H14BrNO. The first-order valence-electron chi connectivity index (χ1n) is 5.53. The normalized spacial score (nSPS) is 18.5. The molecule has 0 spiro atoms. The van der Waals surface area contributed by atoms with E-state index in [-0.39, 0.29) is 11.8 Å². The molecule has 0 fully saturated rings. The fraction of sp³-hybridized carbons (Fsp3) is 0.214. The van der Waals surface area contributed by atoms with Crippen molar-refractivity contribution in [3.63, 3.8) is 0 Å². The predicted molar refractivity (Wildman–Crippen MR) is 72.9 cm³/mol.